The van der Waals surface area contributed by atoms with E-state index in [9.17, 15) is 24.0 Å². The molecule has 0 radical (unpaired) electrons. The lowest BCUT2D eigenvalue weighted by atomic mass is 10.0. The Bertz CT molecular complexity index is 1930. The normalized spacial score (nSPS) is 17.8. The summed E-state index contributed by atoms with van der Waals surface area (Å²) in [4.78, 5) is 69.7. The molecular weight excluding hydrogens is 750 g/mol. The lowest BCUT2D eigenvalue weighted by Crippen LogP contribution is -2.55. The second-order valence-corrected chi connectivity index (χ2v) is 13.7. The minimum Gasteiger partial charge on any atom is -0.492 e. The molecule has 2 bridgehead atoms. The van der Waals surface area contributed by atoms with Crippen molar-refractivity contribution in [2.24, 2.45) is 5.73 Å². The predicted molar refractivity (Wildman–Crippen MR) is 218 cm³/mol. The van der Waals surface area contributed by atoms with Crippen molar-refractivity contribution in [1.29, 1.82) is 0 Å². The van der Waals surface area contributed by atoms with Crippen LogP contribution < -0.4 is 31.7 Å². The van der Waals surface area contributed by atoms with Gasteiger partial charge in [-0.25, -0.2) is 0 Å². The monoisotopic (exact) mass is 801 g/mol. The molecule has 15 heteroatoms. The number of ether oxygens (including phenoxy) is 1. The van der Waals surface area contributed by atoms with Crippen LogP contribution >= 0.6 is 12.4 Å². The second kappa shape index (κ2) is 22.7. The molecule has 2 heterocycles. The standard InChI is InChI=1S/C42H51N7O7.ClH/c1-29-38(39(48-56-29)32-15-6-3-7-16-32)42(54)49-23-11-19-36(50)44-22-25-55-33-17-10-14-31(26-33)28-37(51)46-34(18-8-9-20-43)41(53)47-35(40(52)45-21-24-49)27-30-12-4-2-5-13-30;/h2-7,10,12-17,26,34-35H,8-9,11,18-25,27-28,43H2,1H3,(H,44,50)(H,45,52)(H,46,51)(H,47,53);1H/t34-,35+;/m0./s1. The van der Waals surface area contributed by atoms with Gasteiger partial charge in [0.15, 0.2) is 0 Å². The van der Waals surface area contributed by atoms with E-state index in [0.29, 0.717) is 66.1 Å². The third-order valence-electron chi connectivity index (χ3n) is 9.39. The first kappa shape index (κ1) is 44.0. The van der Waals surface area contributed by atoms with E-state index in [1.54, 1.807) is 36.1 Å². The number of amides is 5. The molecule has 0 unspecified atom stereocenters. The van der Waals surface area contributed by atoms with E-state index in [2.05, 4.69) is 26.4 Å². The highest BCUT2D eigenvalue weighted by Crippen LogP contribution is 2.26. The van der Waals surface area contributed by atoms with E-state index >= 15 is 0 Å². The summed E-state index contributed by atoms with van der Waals surface area (Å²) >= 11 is 0. The average Bonchev–Trinajstić information content (AvgIpc) is 3.59. The molecule has 14 nitrogen and oxygen atoms in total. The maximum absolute atomic E-state index is 14.2. The topological polar surface area (TPSA) is 198 Å². The Kier molecular flexibility index (Phi) is 17.5. The lowest BCUT2D eigenvalue weighted by Gasteiger charge is -2.25. The molecule has 1 aromatic heterocycles. The smallest absolute Gasteiger partial charge is 0.259 e. The maximum atomic E-state index is 14.2. The molecule has 304 valence electrons. The number of hydrogen-bond acceptors (Lipinski definition) is 9. The van der Waals surface area contributed by atoms with Crippen LogP contribution in [0.25, 0.3) is 11.3 Å². The van der Waals surface area contributed by atoms with Crippen LogP contribution in [0.1, 0.15) is 59.3 Å². The molecule has 2 atom stereocenters. The van der Waals surface area contributed by atoms with E-state index in [1.165, 1.54) is 0 Å². The first-order valence-corrected chi connectivity index (χ1v) is 19.1. The summed E-state index contributed by atoms with van der Waals surface area (Å²) in [6.07, 6.45) is 2.25. The van der Waals surface area contributed by atoms with E-state index < -0.39 is 23.9 Å². The number of fused-ring (bicyclic) bond motifs is 2. The van der Waals surface area contributed by atoms with Gasteiger partial charge in [0.25, 0.3) is 5.91 Å². The minimum absolute atomic E-state index is 0. The Hall–Kier alpha value is -5.73. The third kappa shape index (κ3) is 13.5. The van der Waals surface area contributed by atoms with Crippen LogP contribution in [0.15, 0.2) is 89.5 Å². The molecule has 0 saturated heterocycles. The van der Waals surface area contributed by atoms with Crippen molar-refractivity contribution in [2.75, 3.05) is 39.3 Å². The molecule has 0 fully saturated rings. The van der Waals surface area contributed by atoms with Gasteiger partial charge >= 0.3 is 0 Å². The lowest BCUT2D eigenvalue weighted by molar-refractivity contribution is -0.132. The van der Waals surface area contributed by atoms with Gasteiger partial charge in [-0.15, -0.1) is 12.4 Å². The summed E-state index contributed by atoms with van der Waals surface area (Å²) in [6, 6.07) is 23.7. The van der Waals surface area contributed by atoms with Crippen LogP contribution in [0.3, 0.4) is 0 Å². The maximum Gasteiger partial charge on any atom is 0.259 e. The van der Waals surface area contributed by atoms with Crippen molar-refractivity contribution >= 4 is 41.9 Å². The number of carbonyl (C=O) groups excluding carboxylic acids is 5. The Morgan fingerprint density at radius 3 is 2.35 bits per heavy atom. The largest absolute Gasteiger partial charge is 0.492 e. The summed E-state index contributed by atoms with van der Waals surface area (Å²) in [6.45, 7) is 2.91. The number of nitrogens with one attached hydrogen (secondary N) is 4. The van der Waals surface area contributed by atoms with Crippen molar-refractivity contribution in [3.63, 3.8) is 0 Å². The fraction of sp³-hybridized carbons (Fsp3) is 0.381. The van der Waals surface area contributed by atoms with E-state index in [-0.39, 0.29) is 82.2 Å². The molecule has 5 rings (SSSR count). The van der Waals surface area contributed by atoms with E-state index in [1.807, 2.05) is 60.7 Å². The molecule has 5 amide bonds. The first-order valence-electron chi connectivity index (χ1n) is 19.1. The number of unbranched alkanes of at least 4 members (excludes halogenated alkanes) is 1. The van der Waals surface area contributed by atoms with Gasteiger partial charge in [-0.1, -0.05) is 78.0 Å². The average molecular weight is 802 g/mol. The third-order valence-corrected chi connectivity index (χ3v) is 9.39. The fourth-order valence-electron chi connectivity index (χ4n) is 6.47. The number of benzene rings is 3. The van der Waals surface area contributed by atoms with Gasteiger partial charge in [-0.3, -0.25) is 24.0 Å². The van der Waals surface area contributed by atoms with Gasteiger partial charge < -0.3 is 41.2 Å². The molecule has 3 aromatic carbocycles. The first-order chi connectivity index (χ1) is 27.2. The van der Waals surface area contributed by atoms with Gasteiger partial charge in [-0.2, -0.15) is 0 Å². The summed E-state index contributed by atoms with van der Waals surface area (Å²) in [5.41, 5.74) is 8.64. The zero-order chi connectivity index (χ0) is 39.7. The fourth-order valence-corrected chi connectivity index (χ4v) is 6.47. The molecule has 6 N–H and O–H groups in total. The summed E-state index contributed by atoms with van der Waals surface area (Å²) in [7, 11) is 0. The highest BCUT2D eigenvalue weighted by Gasteiger charge is 2.29. The number of aromatic nitrogens is 1. The van der Waals surface area contributed by atoms with Crippen molar-refractivity contribution in [1.82, 2.24) is 31.3 Å². The molecule has 0 saturated carbocycles. The highest BCUT2D eigenvalue weighted by molar-refractivity contribution is 6.01. The molecular formula is C42H52ClN7O7. The molecule has 57 heavy (non-hydrogen) atoms. The van der Waals surface area contributed by atoms with Gasteiger partial charge in [0.05, 0.1) is 13.0 Å². The number of nitrogens with two attached hydrogens (primary N) is 1. The van der Waals surface area contributed by atoms with Crippen LogP contribution in [-0.2, 0) is 32.0 Å². The number of hydrogen-bond donors (Lipinski definition) is 5. The van der Waals surface area contributed by atoms with Gasteiger partial charge in [-0.05, 0) is 62.4 Å². The minimum atomic E-state index is -0.993. The summed E-state index contributed by atoms with van der Waals surface area (Å²) < 4.78 is 11.3. The summed E-state index contributed by atoms with van der Waals surface area (Å²) in [5, 5.41) is 15.7. The van der Waals surface area contributed by atoms with Gasteiger partial charge in [0.1, 0.15) is 41.5 Å². The second-order valence-electron chi connectivity index (χ2n) is 13.7. The van der Waals surface area contributed by atoms with Crippen molar-refractivity contribution in [3.8, 4) is 17.0 Å². The van der Waals surface area contributed by atoms with Crippen LogP contribution in [-0.4, -0.2) is 91.0 Å². The van der Waals surface area contributed by atoms with Crippen LogP contribution in [0.4, 0.5) is 0 Å². The quantitative estimate of drug-likeness (QED) is 0.166. The number of halogens is 1. The van der Waals surface area contributed by atoms with Gasteiger partial charge in [0, 0.05) is 38.0 Å². The molecule has 1 aliphatic rings. The Labute approximate surface area is 339 Å². The highest BCUT2D eigenvalue weighted by atomic mass is 35.5. The van der Waals surface area contributed by atoms with Crippen molar-refractivity contribution in [2.45, 2.75) is 64.0 Å². The number of nitrogens with zero attached hydrogens (tertiary/aromatic N) is 2. The van der Waals surface area contributed by atoms with Gasteiger partial charge in [0.2, 0.25) is 23.6 Å². The molecule has 0 spiro atoms. The predicted octanol–water partition coefficient (Wildman–Crippen LogP) is 3.50. The van der Waals surface area contributed by atoms with Crippen molar-refractivity contribution < 1.29 is 33.2 Å². The van der Waals surface area contributed by atoms with E-state index in [0.717, 1.165) is 5.56 Å². The zero-order valence-corrected chi connectivity index (χ0v) is 33.0. The van der Waals surface area contributed by atoms with Crippen LogP contribution in [0.2, 0.25) is 0 Å². The summed E-state index contributed by atoms with van der Waals surface area (Å²) in [5.74, 6) is -1.01. The number of aryl methyl sites for hydroxylation is 1. The Morgan fingerprint density at radius 1 is 0.842 bits per heavy atom. The molecule has 1 aliphatic heterocycles. The van der Waals surface area contributed by atoms with Crippen LogP contribution in [0.5, 0.6) is 5.75 Å². The molecule has 4 aromatic rings. The van der Waals surface area contributed by atoms with E-state index in [4.69, 9.17) is 15.0 Å². The zero-order valence-electron chi connectivity index (χ0n) is 32.2. The van der Waals surface area contributed by atoms with Crippen molar-refractivity contribution in [3.05, 3.63) is 107 Å². The van der Waals surface area contributed by atoms with Crippen LogP contribution in [0, 0.1) is 6.92 Å². The number of rotatable bonds is 8. The number of carbonyl (C=O) groups is 5. The Morgan fingerprint density at radius 2 is 1.60 bits per heavy atom. The SMILES string of the molecule is Cc1onc(-c2ccccc2)c1C(=O)N1CCCC(=O)NCCOc2cccc(c2)CC(=O)N[C@@H](CCCCN)C(=O)N[C@H](Cc2ccccc2)C(=O)NCC1.Cl. The molecule has 0 aliphatic carbocycles. The Balaban J connectivity index is 0.00000720.